The van der Waals surface area contributed by atoms with Crippen LogP contribution in [-0.4, -0.2) is 21.9 Å². The fourth-order valence-corrected chi connectivity index (χ4v) is 0.915. The molecule has 0 aliphatic rings. The van der Waals surface area contributed by atoms with E-state index in [0.717, 1.165) is 11.3 Å². The highest BCUT2D eigenvalue weighted by molar-refractivity contribution is 5.99. The van der Waals surface area contributed by atoms with Gasteiger partial charge in [0.05, 0.1) is 11.9 Å². The largest absolute Gasteiger partial charge is 0.350 e. The van der Waals surface area contributed by atoms with Gasteiger partial charge in [0, 0.05) is 11.3 Å². The van der Waals surface area contributed by atoms with Crippen molar-refractivity contribution in [3.8, 4) is 0 Å². The van der Waals surface area contributed by atoms with Gasteiger partial charge in [0.15, 0.2) is 0 Å². The van der Waals surface area contributed by atoms with Gasteiger partial charge in [-0.3, -0.25) is 5.10 Å². The smallest absolute Gasteiger partial charge is 0.332 e. The highest BCUT2D eigenvalue weighted by Gasteiger charge is 2.03. The lowest BCUT2D eigenvalue weighted by molar-refractivity contribution is 0.249. The number of amides is 2. The first-order chi connectivity index (χ1) is 6.11. The number of nitrogens with one attached hydrogen (secondary N) is 2. The third-order valence-corrected chi connectivity index (χ3v) is 1.55. The Labute approximate surface area is 75.2 Å². The lowest BCUT2D eigenvalue weighted by Crippen LogP contribution is -2.25. The monoisotopic (exact) mass is 181 g/mol. The van der Waals surface area contributed by atoms with Gasteiger partial charge in [0.25, 0.3) is 0 Å². The van der Waals surface area contributed by atoms with Crippen LogP contribution in [0.3, 0.4) is 0 Å². The Morgan fingerprint density at radius 3 is 2.92 bits per heavy atom. The van der Waals surface area contributed by atoms with Crippen LogP contribution in [-0.2, 0) is 0 Å². The second kappa shape index (κ2) is 3.70. The summed E-state index contributed by atoms with van der Waals surface area (Å²) < 4.78 is 0. The number of hydrogen-bond acceptors (Lipinski definition) is 3. The molecule has 0 radical (unpaired) electrons. The first-order valence-electron chi connectivity index (χ1n) is 3.71. The van der Waals surface area contributed by atoms with Crippen LogP contribution in [0.4, 0.5) is 4.79 Å². The molecule has 2 amide bonds. The summed E-state index contributed by atoms with van der Waals surface area (Å²) in [7, 11) is 0. The van der Waals surface area contributed by atoms with Crippen molar-refractivity contribution in [3.05, 3.63) is 17.5 Å². The van der Waals surface area contributed by atoms with E-state index >= 15 is 0 Å². The molecular formula is C7H11N5O. The molecule has 1 aromatic rings. The zero-order valence-corrected chi connectivity index (χ0v) is 7.46. The number of nitrogens with zero attached hydrogens (tertiary/aromatic N) is 2. The molecule has 6 nitrogen and oxygen atoms in total. The van der Waals surface area contributed by atoms with Crippen LogP contribution in [0.25, 0.3) is 0 Å². The number of carbonyl (C=O) groups is 1. The summed E-state index contributed by atoms with van der Waals surface area (Å²) in [6, 6.07) is -0.680. The number of H-pyrrole nitrogens is 1. The number of rotatable bonds is 2. The Balaban J connectivity index is 2.78. The molecule has 0 spiro atoms. The molecule has 0 aliphatic heterocycles. The molecule has 0 unspecified atom stereocenters. The maximum absolute atomic E-state index is 10.3. The van der Waals surface area contributed by atoms with Crippen molar-refractivity contribution >= 4 is 11.7 Å². The molecule has 0 saturated carbocycles. The Bertz CT molecular complexity index is 340. The molecule has 70 valence electrons. The molecule has 0 atom stereocenters. The number of primary amides is 1. The van der Waals surface area contributed by atoms with E-state index in [1.807, 2.05) is 6.92 Å². The average molecular weight is 181 g/mol. The second-order valence-electron chi connectivity index (χ2n) is 2.58. The number of aromatic amines is 1. The molecule has 0 saturated heterocycles. The van der Waals surface area contributed by atoms with Crippen molar-refractivity contribution in [2.75, 3.05) is 0 Å². The third-order valence-electron chi connectivity index (χ3n) is 1.55. The molecule has 13 heavy (non-hydrogen) atoms. The Kier molecular flexibility index (Phi) is 2.63. The molecule has 1 heterocycles. The van der Waals surface area contributed by atoms with Gasteiger partial charge < -0.3 is 5.73 Å². The van der Waals surface area contributed by atoms with E-state index in [1.165, 1.54) is 0 Å². The van der Waals surface area contributed by atoms with Crippen molar-refractivity contribution in [2.24, 2.45) is 10.8 Å². The Morgan fingerprint density at radius 1 is 1.77 bits per heavy atom. The predicted molar refractivity (Wildman–Crippen MR) is 48.3 cm³/mol. The van der Waals surface area contributed by atoms with E-state index in [1.54, 1.807) is 13.1 Å². The summed E-state index contributed by atoms with van der Waals surface area (Å²) in [6.45, 7) is 3.62. The van der Waals surface area contributed by atoms with E-state index in [9.17, 15) is 4.79 Å². The van der Waals surface area contributed by atoms with Crippen LogP contribution >= 0.6 is 0 Å². The quantitative estimate of drug-likeness (QED) is 0.446. The highest BCUT2D eigenvalue weighted by atomic mass is 16.2. The van der Waals surface area contributed by atoms with Crippen LogP contribution in [0.15, 0.2) is 11.3 Å². The lowest BCUT2D eigenvalue weighted by atomic mass is 10.2. The van der Waals surface area contributed by atoms with Gasteiger partial charge in [-0.05, 0) is 13.8 Å². The van der Waals surface area contributed by atoms with Gasteiger partial charge in [0.1, 0.15) is 0 Å². The molecule has 6 heteroatoms. The van der Waals surface area contributed by atoms with E-state index < -0.39 is 6.03 Å². The molecule has 0 aromatic carbocycles. The lowest BCUT2D eigenvalue weighted by Gasteiger charge is -1.97. The number of aryl methyl sites for hydroxylation is 1. The van der Waals surface area contributed by atoms with Crippen LogP contribution in [0, 0.1) is 6.92 Å². The van der Waals surface area contributed by atoms with Gasteiger partial charge in [-0.25, -0.2) is 10.2 Å². The fourth-order valence-electron chi connectivity index (χ4n) is 0.915. The zero-order valence-electron chi connectivity index (χ0n) is 7.46. The zero-order chi connectivity index (χ0) is 9.84. The van der Waals surface area contributed by atoms with E-state index in [-0.39, 0.29) is 0 Å². The fraction of sp³-hybridized carbons (Fsp3) is 0.286. The van der Waals surface area contributed by atoms with Crippen LogP contribution < -0.4 is 11.2 Å². The van der Waals surface area contributed by atoms with Crippen LogP contribution in [0.1, 0.15) is 18.2 Å². The third kappa shape index (κ3) is 2.29. The molecule has 1 aromatic heterocycles. The summed E-state index contributed by atoms with van der Waals surface area (Å²) in [6.07, 6.45) is 1.64. The van der Waals surface area contributed by atoms with Gasteiger partial charge in [-0.1, -0.05) is 0 Å². The summed E-state index contributed by atoms with van der Waals surface area (Å²) in [5, 5.41) is 10.3. The number of urea groups is 1. The first-order valence-corrected chi connectivity index (χ1v) is 3.71. The van der Waals surface area contributed by atoms with Crippen molar-refractivity contribution in [1.82, 2.24) is 15.6 Å². The minimum atomic E-state index is -0.680. The minimum absolute atomic E-state index is 0.657. The summed E-state index contributed by atoms with van der Waals surface area (Å²) in [5.41, 5.74) is 9.41. The van der Waals surface area contributed by atoms with Crippen molar-refractivity contribution in [3.63, 3.8) is 0 Å². The first kappa shape index (κ1) is 9.24. The average Bonchev–Trinajstić information content (AvgIpc) is 2.47. The Morgan fingerprint density at radius 2 is 2.46 bits per heavy atom. The number of hydrogen-bond donors (Lipinski definition) is 3. The van der Waals surface area contributed by atoms with E-state index in [4.69, 9.17) is 5.73 Å². The number of nitrogens with two attached hydrogens (primary N) is 1. The second-order valence-corrected chi connectivity index (χ2v) is 2.58. The molecule has 0 fully saturated rings. The summed E-state index contributed by atoms with van der Waals surface area (Å²) >= 11 is 0. The standard InChI is InChI=1S/C7H11N5O/c1-4-6(3-9-10-4)5(2)11-12-7(8)13/h3H,1-2H3,(H,9,10)(H3,8,12,13)/b11-5-. The maximum atomic E-state index is 10.3. The van der Waals surface area contributed by atoms with Gasteiger partial charge in [-0.2, -0.15) is 10.2 Å². The SMILES string of the molecule is C/C(=N/NC(N)=O)c1cn[nH]c1C. The van der Waals surface area contributed by atoms with E-state index in [0.29, 0.717) is 5.71 Å². The topological polar surface area (TPSA) is 96.2 Å². The minimum Gasteiger partial charge on any atom is -0.350 e. The van der Waals surface area contributed by atoms with Crippen LogP contribution in [0.5, 0.6) is 0 Å². The highest BCUT2D eigenvalue weighted by Crippen LogP contribution is 2.03. The predicted octanol–water partition coefficient (Wildman–Crippen LogP) is 0.110. The van der Waals surface area contributed by atoms with Crippen molar-refractivity contribution in [1.29, 1.82) is 0 Å². The van der Waals surface area contributed by atoms with Gasteiger partial charge >= 0.3 is 6.03 Å². The summed E-state index contributed by atoms with van der Waals surface area (Å²) in [4.78, 5) is 10.3. The molecule has 0 bridgehead atoms. The Hall–Kier alpha value is -1.85. The number of hydrazone groups is 1. The molecular weight excluding hydrogens is 170 g/mol. The maximum Gasteiger partial charge on any atom is 0.332 e. The normalized spacial score (nSPS) is 11.4. The number of carbonyl (C=O) groups excluding carboxylic acids is 1. The molecule has 1 rings (SSSR count). The molecule has 0 aliphatic carbocycles. The van der Waals surface area contributed by atoms with Crippen LogP contribution in [0.2, 0.25) is 0 Å². The summed E-state index contributed by atoms with van der Waals surface area (Å²) in [5.74, 6) is 0. The van der Waals surface area contributed by atoms with Gasteiger partial charge in [0.2, 0.25) is 0 Å². The van der Waals surface area contributed by atoms with Crippen molar-refractivity contribution < 1.29 is 4.79 Å². The van der Waals surface area contributed by atoms with Crippen molar-refractivity contribution in [2.45, 2.75) is 13.8 Å². The van der Waals surface area contributed by atoms with Gasteiger partial charge in [-0.15, -0.1) is 0 Å². The number of aromatic nitrogens is 2. The van der Waals surface area contributed by atoms with E-state index in [2.05, 4.69) is 20.7 Å². The molecule has 4 N–H and O–H groups in total.